The van der Waals surface area contributed by atoms with Gasteiger partial charge in [-0.15, -0.1) is 0 Å². The average molecular weight is 303 g/mol. The Hall–Kier alpha value is -1.37. The molecule has 1 aliphatic rings. The van der Waals surface area contributed by atoms with Crippen LogP contribution in [0.1, 0.15) is 18.1 Å². The largest absolute Gasteiger partial charge is 0.387 e. The fraction of sp³-hybridized carbons (Fsp3) is 0.462. The Morgan fingerprint density at radius 3 is 3.05 bits per heavy atom. The van der Waals surface area contributed by atoms with E-state index in [1.807, 2.05) is 0 Å². The molecule has 0 spiro atoms. The maximum absolute atomic E-state index is 13.3. The molecule has 7 heteroatoms. The molecule has 1 aliphatic heterocycles. The summed E-state index contributed by atoms with van der Waals surface area (Å²) in [5, 5.41) is 15.1. The average Bonchev–Trinajstić information content (AvgIpc) is 2.92. The van der Waals surface area contributed by atoms with Crippen molar-refractivity contribution in [2.45, 2.75) is 18.6 Å². The molecule has 0 bridgehead atoms. The molecule has 0 unspecified atom stereocenters. The lowest BCUT2D eigenvalue weighted by molar-refractivity contribution is 0.170. The predicted molar refractivity (Wildman–Crippen MR) is 72.1 cm³/mol. The van der Waals surface area contributed by atoms with E-state index in [4.69, 9.17) is 16.3 Å². The van der Waals surface area contributed by atoms with Crippen LogP contribution in [0.15, 0.2) is 18.2 Å². The number of benzene rings is 1. The van der Waals surface area contributed by atoms with Crippen molar-refractivity contribution in [3.63, 3.8) is 0 Å². The third-order valence-corrected chi connectivity index (χ3v) is 3.36. The monoisotopic (exact) mass is 302 g/mol. The van der Waals surface area contributed by atoms with E-state index < -0.39 is 11.9 Å². The Balaban J connectivity index is 1.80. The summed E-state index contributed by atoms with van der Waals surface area (Å²) < 4.78 is 18.4. The van der Waals surface area contributed by atoms with E-state index in [2.05, 4.69) is 10.6 Å². The van der Waals surface area contributed by atoms with E-state index in [1.165, 1.54) is 12.1 Å². The van der Waals surface area contributed by atoms with Crippen molar-refractivity contribution in [3.8, 4) is 0 Å². The highest BCUT2D eigenvalue weighted by Gasteiger charge is 2.18. The maximum atomic E-state index is 13.3. The summed E-state index contributed by atoms with van der Waals surface area (Å²) in [7, 11) is 0. The first kappa shape index (κ1) is 15.0. The zero-order valence-corrected chi connectivity index (χ0v) is 11.5. The van der Waals surface area contributed by atoms with Crippen molar-refractivity contribution in [1.82, 2.24) is 10.6 Å². The van der Waals surface area contributed by atoms with Gasteiger partial charge in [0.05, 0.1) is 23.8 Å². The molecule has 20 heavy (non-hydrogen) atoms. The van der Waals surface area contributed by atoms with Crippen LogP contribution in [0.4, 0.5) is 9.18 Å². The number of amides is 2. The van der Waals surface area contributed by atoms with E-state index in [0.717, 1.165) is 12.5 Å². The van der Waals surface area contributed by atoms with E-state index in [9.17, 15) is 14.3 Å². The molecule has 0 aliphatic carbocycles. The summed E-state index contributed by atoms with van der Waals surface area (Å²) in [5.41, 5.74) is 0.358. The molecule has 110 valence electrons. The molecule has 1 saturated heterocycles. The Labute approximate surface area is 121 Å². The lowest BCUT2D eigenvalue weighted by Crippen LogP contribution is -2.43. The molecule has 2 atom stereocenters. The molecule has 1 heterocycles. The summed E-state index contributed by atoms with van der Waals surface area (Å²) in [6.45, 7) is 1.12. The van der Waals surface area contributed by atoms with Crippen LogP contribution in [-0.4, -0.2) is 36.9 Å². The molecule has 2 rings (SSSR count). The number of urea groups is 1. The summed E-state index contributed by atoms with van der Waals surface area (Å²) in [6.07, 6.45) is -0.217. The van der Waals surface area contributed by atoms with Crippen molar-refractivity contribution in [3.05, 3.63) is 34.6 Å². The van der Waals surface area contributed by atoms with Gasteiger partial charge in [0.1, 0.15) is 5.82 Å². The molecule has 1 aromatic carbocycles. The number of hydrogen-bond acceptors (Lipinski definition) is 3. The second-order valence-corrected chi connectivity index (χ2v) is 5.01. The Morgan fingerprint density at radius 2 is 2.40 bits per heavy atom. The molecular formula is C13H16ClFN2O3. The highest BCUT2D eigenvalue weighted by Crippen LogP contribution is 2.19. The summed E-state index contributed by atoms with van der Waals surface area (Å²) in [6, 6.07) is 3.65. The standard InChI is InChI=1S/C13H16ClFN2O3/c14-10-2-1-8(5-11(10)15)12(18)6-16-13(19)17-9-3-4-20-7-9/h1-2,5,9,12,18H,3-4,6-7H2,(H2,16,17,19)/t9-,12-/m0/s1. The van der Waals surface area contributed by atoms with Gasteiger partial charge in [-0.2, -0.15) is 0 Å². The van der Waals surface area contributed by atoms with Gasteiger partial charge in [0, 0.05) is 13.2 Å². The molecule has 5 nitrogen and oxygen atoms in total. The highest BCUT2D eigenvalue weighted by molar-refractivity contribution is 6.30. The smallest absolute Gasteiger partial charge is 0.315 e. The molecule has 0 aromatic heterocycles. The van der Waals surface area contributed by atoms with E-state index >= 15 is 0 Å². The van der Waals surface area contributed by atoms with Crippen molar-refractivity contribution in [2.24, 2.45) is 0 Å². The number of halogens is 2. The predicted octanol–water partition coefficient (Wildman–Crippen LogP) is 1.60. The third kappa shape index (κ3) is 4.06. The first-order valence-electron chi connectivity index (χ1n) is 6.31. The van der Waals surface area contributed by atoms with Crippen LogP contribution < -0.4 is 10.6 Å². The number of carbonyl (C=O) groups is 1. The van der Waals surface area contributed by atoms with E-state index in [1.54, 1.807) is 0 Å². The summed E-state index contributed by atoms with van der Waals surface area (Å²) >= 11 is 5.56. The Morgan fingerprint density at radius 1 is 1.60 bits per heavy atom. The van der Waals surface area contributed by atoms with E-state index in [-0.39, 0.29) is 23.6 Å². The van der Waals surface area contributed by atoms with Crippen molar-refractivity contribution in [1.29, 1.82) is 0 Å². The molecular weight excluding hydrogens is 287 g/mol. The fourth-order valence-corrected chi connectivity index (χ4v) is 2.03. The number of aliphatic hydroxyl groups is 1. The first-order chi connectivity index (χ1) is 9.56. The van der Waals surface area contributed by atoms with Gasteiger partial charge in [-0.25, -0.2) is 9.18 Å². The molecule has 0 radical (unpaired) electrons. The summed E-state index contributed by atoms with van der Waals surface area (Å²) in [5.74, 6) is -0.601. The van der Waals surface area contributed by atoms with Gasteiger partial charge in [0.15, 0.2) is 0 Å². The van der Waals surface area contributed by atoms with Gasteiger partial charge in [-0.1, -0.05) is 17.7 Å². The van der Waals surface area contributed by atoms with Gasteiger partial charge in [-0.3, -0.25) is 0 Å². The van der Waals surface area contributed by atoms with Crippen molar-refractivity contribution in [2.75, 3.05) is 19.8 Å². The third-order valence-electron chi connectivity index (χ3n) is 3.05. The maximum Gasteiger partial charge on any atom is 0.315 e. The van der Waals surface area contributed by atoms with Gasteiger partial charge in [0.25, 0.3) is 0 Å². The zero-order valence-electron chi connectivity index (χ0n) is 10.7. The minimum atomic E-state index is -0.993. The molecule has 1 fully saturated rings. The Bertz CT molecular complexity index is 481. The second-order valence-electron chi connectivity index (χ2n) is 4.60. The number of nitrogens with one attached hydrogen (secondary N) is 2. The quantitative estimate of drug-likeness (QED) is 0.791. The van der Waals surface area contributed by atoms with Gasteiger partial charge in [-0.05, 0) is 24.1 Å². The van der Waals surface area contributed by atoms with Crippen LogP contribution in [0.3, 0.4) is 0 Å². The van der Waals surface area contributed by atoms with Crippen LogP contribution in [0.2, 0.25) is 5.02 Å². The SMILES string of the molecule is O=C(NC[C@H](O)c1ccc(Cl)c(F)c1)N[C@H]1CCOC1. The number of aliphatic hydroxyl groups excluding tert-OH is 1. The van der Waals surface area contributed by atoms with Crippen LogP contribution in [-0.2, 0) is 4.74 Å². The van der Waals surface area contributed by atoms with Crippen LogP contribution >= 0.6 is 11.6 Å². The normalized spacial score (nSPS) is 19.6. The van der Waals surface area contributed by atoms with Gasteiger partial charge < -0.3 is 20.5 Å². The highest BCUT2D eigenvalue weighted by atomic mass is 35.5. The zero-order chi connectivity index (χ0) is 14.5. The topological polar surface area (TPSA) is 70.6 Å². The number of rotatable bonds is 4. The first-order valence-corrected chi connectivity index (χ1v) is 6.69. The number of carbonyl (C=O) groups excluding carboxylic acids is 1. The summed E-state index contributed by atoms with van der Waals surface area (Å²) in [4.78, 5) is 11.6. The molecule has 3 N–H and O–H groups in total. The minimum absolute atomic E-state index is 0.000110. The molecule has 1 aromatic rings. The fourth-order valence-electron chi connectivity index (χ4n) is 1.91. The second kappa shape index (κ2) is 6.88. The van der Waals surface area contributed by atoms with Crippen molar-refractivity contribution >= 4 is 17.6 Å². The molecule has 0 saturated carbocycles. The van der Waals surface area contributed by atoms with Crippen LogP contribution in [0.25, 0.3) is 0 Å². The minimum Gasteiger partial charge on any atom is -0.387 e. The van der Waals surface area contributed by atoms with Crippen LogP contribution in [0.5, 0.6) is 0 Å². The van der Waals surface area contributed by atoms with Gasteiger partial charge >= 0.3 is 6.03 Å². The van der Waals surface area contributed by atoms with Gasteiger partial charge in [0.2, 0.25) is 0 Å². The number of ether oxygens (including phenoxy) is 1. The van der Waals surface area contributed by atoms with Crippen LogP contribution in [0, 0.1) is 5.82 Å². The lowest BCUT2D eigenvalue weighted by Gasteiger charge is -2.15. The van der Waals surface area contributed by atoms with Crippen molar-refractivity contribution < 1.29 is 19.0 Å². The lowest BCUT2D eigenvalue weighted by atomic mass is 10.1. The molecule has 2 amide bonds. The number of hydrogen-bond donors (Lipinski definition) is 3. The Kier molecular flexibility index (Phi) is 5.17. The van der Waals surface area contributed by atoms with E-state index in [0.29, 0.717) is 18.8 Å².